The van der Waals surface area contributed by atoms with Crippen LogP contribution in [0.2, 0.25) is 0 Å². The van der Waals surface area contributed by atoms with Gasteiger partial charge < -0.3 is 15.2 Å². The third kappa shape index (κ3) is 4.30. The molecule has 0 aromatic carbocycles. The van der Waals surface area contributed by atoms with Crippen molar-refractivity contribution < 1.29 is 27.9 Å². The average Bonchev–Trinajstić information content (AvgIpc) is 3.36. The Kier molecular flexibility index (Phi) is 6.12. The van der Waals surface area contributed by atoms with E-state index in [1.165, 1.54) is 12.4 Å². The first-order valence-electron chi connectivity index (χ1n) is 8.87. The summed E-state index contributed by atoms with van der Waals surface area (Å²) in [6, 6.07) is 0.0667. The number of likely N-dealkylation sites (tertiary alicyclic amines) is 1. The predicted molar refractivity (Wildman–Crippen MR) is 95.0 cm³/mol. The first-order valence-corrected chi connectivity index (χ1v) is 10.6. The molecule has 4 heterocycles. The van der Waals surface area contributed by atoms with Crippen molar-refractivity contribution in [3.63, 3.8) is 0 Å². The number of rotatable bonds is 3. The molecule has 1 amide bonds. The Bertz CT molecular complexity index is 747. The Morgan fingerprint density at radius 3 is 2.70 bits per heavy atom. The Balaban J connectivity index is 0.000000659. The van der Waals surface area contributed by atoms with E-state index in [1.807, 2.05) is 0 Å². The summed E-state index contributed by atoms with van der Waals surface area (Å²) in [5.74, 6) is -0.268. The van der Waals surface area contributed by atoms with Crippen molar-refractivity contribution in [3.8, 4) is 0 Å². The molecule has 0 radical (unpaired) electrons. The number of H-pyrrole nitrogens is 1. The monoisotopic (exact) mass is 400 g/mol. The number of sulfone groups is 1. The SMILES string of the molecule is O=C(N[C@@H]1CS(=O)(=O)[C@H]2CN(C3CCOCC3)C[C@@H]12)c1cn[nH]c1.O=CO. The summed E-state index contributed by atoms with van der Waals surface area (Å²) in [4.78, 5) is 22.9. The minimum absolute atomic E-state index is 0.0336. The van der Waals surface area contributed by atoms with Crippen LogP contribution in [0.5, 0.6) is 0 Å². The molecule has 3 atom stereocenters. The third-order valence-electron chi connectivity index (χ3n) is 5.51. The quantitative estimate of drug-likeness (QED) is 0.555. The molecule has 4 rings (SSSR count). The molecule has 3 fully saturated rings. The lowest BCUT2D eigenvalue weighted by atomic mass is 10.00. The summed E-state index contributed by atoms with van der Waals surface area (Å²) in [6.07, 6.45) is 4.86. The topological polar surface area (TPSA) is 142 Å². The summed E-state index contributed by atoms with van der Waals surface area (Å²) in [6.45, 7) is 2.54. The average molecular weight is 400 g/mol. The molecule has 1 aromatic rings. The minimum Gasteiger partial charge on any atom is -0.483 e. The second-order valence-electron chi connectivity index (χ2n) is 7.00. The molecular weight excluding hydrogens is 376 g/mol. The smallest absolute Gasteiger partial charge is 0.290 e. The van der Waals surface area contributed by atoms with Gasteiger partial charge in [-0.2, -0.15) is 5.10 Å². The van der Waals surface area contributed by atoms with Crippen LogP contribution in [0.25, 0.3) is 0 Å². The highest BCUT2D eigenvalue weighted by Gasteiger charge is 2.53. The molecule has 0 bridgehead atoms. The standard InChI is InChI=1S/C15H22N4O4S.CH2O2/c20-15(10-5-16-17-6-10)18-13-9-24(21,22)14-8-19(7-12(13)14)11-1-3-23-4-2-11;2-1-3/h5-6,11-14H,1-4,7-9H2,(H,16,17)(H,18,20);1H,(H,2,3)/t12-,13+,14-;/m0./s1. The molecule has 27 heavy (non-hydrogen) atoms. The number of ether oxygens (including phenoxy) is 1. The molecule has 0 unspecified atom stereocenters. The first-order chi connectivity index (χ1) is 13.0. The van der Waals surface area contributed by atoms with Crippen molar-refractivity contribution >= 4 is 22.2 Å². The molecule has 3 aliphatic rings. The van der Waals surface area contributed by atoms with Crippen LogP contribution in [-0.2, 0) is 19.4 Å². The van der Waals surface area contributed by atoms with Crippen LogP contribution in [0.3, 0.4) is 0 Å². The maximum absolute atomic E-state index is 12.5. The second-order valence-corrected chi connectivity index (χ2v) is 9.27. The highest BCUT2D eigenvalue weighted by molar-refractivity contribution is 7.92. The van der Waals surface area contributed by atoms with Gasteiger partial charge in [0.15, 0.2) is 9.84 Å². The van der Waals surface area contributed by atoms with Crippen LogP contribution in [-0.4, -0.2) is 90.4 Å². The molecule has 10 nitrogen and oxygen atoms in total. The minimum atomic E-state index is -3.17. The van der Waals surface area contributed by atoms with Gasteiger partial charge in [-0.05, 0) is 12.8 Å². The van der Waals surface area contributed by atoms with Gasteiger partial charge in [0, 0.05) is 50.5 Å². The molecule has 0 saturated carbocycles. The van der Waals surface area contributed by atoms with Crippen molar-refractivity contribution in [3.05, 3.63) is 18.0 Å². The molecule has 0 aliphatic carbocycles. The number of fused-ring (bicyclic) bond motifs is 1. The molecule has 3 N–H and O–H groups in total. The zero-order valence-electron chi connectivity index (χ0n) is 14.8. The van der Waals surface area contributed by atoms with E-state index in [9.17, 15) is 13.2 Å². The predicted octanol–water partition coefficient (Wildman–Crippen LogP) is -0.883. The molecular formula is C16H24N4O6S. The number of hydrogen-bond acceptors (Lipinski definition) is 7. The summed E-state index contributed by atoms with van der Waals surface area (Å²) in [5.41, 5.74) is 0.426. The Labute approximate surface area is 157 Å². The summed E-state index contributed by atoms with van der Waals surface area (Å²) in [5, 5.41) is 15.8. The van der Waals surface area contributed by atoms with E-state index in [1.54, 1.807) is 0 Å². The molecule has 150 valence electrons. The van der Waals surface area contributed by atoms with Gasteiger partial charge in [0.2, 0.25) is 0 Å². The van der Waals surface area contributed by atoms with Gasteiger partial charge in [-0.25, -0.2) is 8.42 Å². The van der Waals surface area contributed by atoms with Crippen LogP contribution < -0.4 is 5.32 Å². The summed E-state index contributed by atoms with van der Waals surface area (Å²) in [7, 11) is -3.17. The van der Waals surface area contributed by atoms with Crippen molar-refractivity contribution in [1.82, 2.24) is 20.4 Å². The molecule has 1 aromatic heterocycles. The maximum atomic E-state index is 12.5. The highest BCUT2D eigenvalue weighted by Crippen LogP contribution is 2.36. The zero-order chi connectivity index (χ0) is 19.4. The fourth-order valence-corrected chi connectivity index (χ4v) is 6.52. The van der Waals surface area contributed by atoms with Gasteiger partial charge in [-0.1, -0.05) is 0 Å². The number of carboxylic acid groups (broad SMARTS) is 1. The number of carbonyl (C=O) groups is 2. The Morgan fingerprint density at radius 2 is 2.07 bits per heavy atom. The zero-order valence-corrected chi connectivity index (χ0v) is 15.6. The summed E-state index contributed by atoms with van der Waals surface area (Å²) < 4.78 is 30.5. The van der Waals surface area contributed by atoms with Crippen molar-refractivity contribution in [2.45, 2.75) is 30.2 Å². The lowest BCUT2D eigenvalue weighted by Gasteiger charge is -2.32. The lowest BCUT2D eigenvalue weighted by molar-refractivity contribution is -0.122. The number of nitrogens with zero attached hydrogens (tertiary/aromatic N) is 2. The van der Waals surface area contributed by atoms with Crippen LogP contribution in [0.15, 0.2) is 12.4 Å². The molecule has 3 aliphatic heterocycles. The largest absolute Gasteiger partial charge is 0.483 e. The van der Waals surface area contributed by atoms with E-state index in [-0.39, 0.29) is 35.3 Å². The number of carbonyl (C=O) groups excluding carboxylic acids is 1. The summed E-state index contributed by atoms with van der Waals surface area (Å²) >= 11 is 0. The van der Waals surface area contributed by atoms with Crippen molar-refractivity contribution in [2.75, 3.05) is 32.1 Å². The number of amides is 1. The lowest BCUT2D eigenvalue weighted by Crippen LogP contribution is -2.44. The van der Waals surface area contributed by atoms with Gasteiger partial charge in [-0.3, -0.25) is 19.6 Å². The van der Waals surface area contributed by atoms with Gasteiger partial charge >= 0.3 is 0 Å². The molecule has 0 spiro atoms. The van der Waals surface area contributed by atoms with E-state index in [4.69, 9.17) is 14.6 Å². The normalized spacial score (nSPS) is 30.1. The maximum Gasteiger partial charge on any atom is 0.290 e. The van der Waals surface area contributed by atoms with Crippen molar-refractivity contribution in [1.29, 1.82) is 0 Å². The molecule has 3 saturated heterocycles. The Morgan fingerprint density at radius 1 is 1.37 bits per heavy atom. The van der Waals surface area contributed by atoms with E-state index < -0.39 is 9.84 Å². The fourth-order valence-electron chi connectivity index (χ4n) is 4.22. The molecule has 11 heteroatoms. The van der Waals surface area contributed by atoms with Crippen molar-refractivity contribution in [2.24, 2.45) is 5.92 Å². The van der Waals surface area contributed by atoms with Crippen LogP contribution >= 0.6 is 0 Å². The van der Waals surface area contributed by atoms with Gasteiger partial charge in [0.25, 0.3) is 12.4 Å². The number of hydrogen-bond donors (Lipinski definition) is 3. The Hall–Kier alpha value is -1.98. The van der Waals surface area contributed by atoms with Gasteiger partial charge in [0.1, 0.15) is 0 Å². The second kappa shape index (κ2) is 8.36. The van der Waals surface area contributed by atoms with E-state index in [2.05, 4.69) is 20.4 Å². The number of aromatic nitrogens is 2. The fraction of sp³-hybridized carbons (Fsp3) is 0.688. The first kappa shape index (κ1) is 19.8. The van der Waals surface area contributed by atoms with E-state index in [0.29, 0.717) is 18.2 Å². The third-order valence-corrected chi connectivity index (χ3v) is 7.76. The van der Waals surface area contributed by atoms with Crippen LogP contribution in [0.4, 0.5) is 0 Å². The number of aromatic amines is 1. The van der Waals surface area contributed by atoms with Gasteiger partial charge in [-0.15, -0.1) is 0 Å². The van der Waals surface area contributed by atoms with E-state index in [0.717, 1.165) is 32.6 Å². The van der Waals surface area contributed by atoms with E-state index >= 15 is 0 Å². The highest BCUT2D eigenvalue weighted by atomic mass is 32.2. The van der Waals surface area contributed by atoms with Gasteiger partial charge in [0.05, 0.1) is 22.8 Å². The van der Waals surface area contributed by atoms with Crippen LogP contribution in [0, 0.1) is 5.92 Å². The van der Waals surface area contributed by atoms with Crippen LogP contribution in [0.1, 0.15) is 23.2 Å². The number of nitrogens with one attached hydrogen (secondary N) is 2.